The van der Waals surface area contributed by atoms with E-state index in [1.165, 1.54) is 115 Å². The SMILES string of the molecule is c1ccc(-c2ccc(N(c3ccccc3)c3cccc(-c4ccc5c(c4)oc4c(C6(c7ccccc7)c7ccccc7-c7ccccc76)cccc45)c3)cc2)cc1.c1ccc(-c2ccc(N(c3ccccc3)c3cccc(-c4ccc5sc6cc(C7(c8ccccc8)c8ccccc8-c8ccccc87)ccc6c5c4)c3)cc2)cc1. The first-order chi connectivity index (χ1) is 56.5. The lowest BCUT2D eigenvalue weighted by Gasteiger charge is -2.33. The van der Waals surface area contributed by atoms with E-state index in [0.717, 1.165) is 72.8 Å². The van der Waals surface area contributed by atoms with E-state index >= 15 is 0 Å². The highest BCUT2D eigenvalue weighted by atomic mass is 32.1. The zero-order valence-electron chi connectivity index (χ0n) is 62.4. The van der Waals surface area contributed by atoms with Gasteiger partial charge in [-0.15, -0.1) is 11.3 Å². The van der Waals surface area contributed by atoms with E-state index in [9.17, 15) is 0 Å². The maximum absolute atomic E-state index is 7.09. The molecular formula is C110H74N2OS. The molecule has 4 heteroatoms. The van der Waals surface area contributed by atoms with Crippen LogP contribution in [0, 0.1) is 0 Å². The van der Waals surface area contributed by atoms with Crippen molar-refractivity contribution in [3.05, 3.63) is 493 Å². The standard InChI is InChI=1S/C55H37NO.C55H37NS/c1-4-16-38(17-5-1)39-30-33-44(34-31-39)56(43-21-8-3-9-22-43)45-23-14-18-40(36-45)41-32-35-48-49-26-15-29-52(54(49)57-53(48)37-41)55(42-19-6-2-7-20-42)50-27-12-10-24-46(50)47-25-11-13-28-51(47)55;1-4-15-38(16-5-1)39-27-31-45(32-28-39)56(44-20-8-3-9-21-44)46-22-14-17-40(35-46)41-29-34-53-50(36-41)49-33-30-43(37-54(49)57-53)55(42-18-6-2-7-19-42)51-25-12-10-23-47(51)48-24-11-13-26-52(48)55/h2*1-37H. The first-order valence-corrected chi connectivity index (χ1v) is 40.0. The molecule has 0 bridgehead atoms. The summed E-state index contributed by atoms with van der Waals surface area (Å²) in [5, 5.41) is 4.82. The topological polar surface area (TPSA) is 19.6 Å². The van der Waals surface area contributed by atoms with Gasteiger partial charge in [0, 0.05) is 70.6 Å². The summed E-state index contributed by atoms with van der Waals surface area (Å²) in [6.45, 7) is 0. The number of rotatable bonds is 14. The first-order valence-electron chi connectivity index (χ1n) is 39.2. The van der Waals surface area contributed by atoms with E-state index in [1.807, 2.05) is 11.3 Å². The Balaban J connectivity index is 0.000000143. The van der Waals surface area contributed by atoms with Gasteiger partial charge in [-0.1, -0.05) is 346 Å². The van der Waals surface area contributed by atoms with E-state index in [2.05, 4.69) is 459 Å². The lowest BCUT2D eigenvalue weighted by molar-refractivity contribution is 0.648. The lowest BCUT2D eigenvalue weighted by Crippen LogP contribution is -2.28. The Bertz CT molecular complexity index is 6860. The van der Waals surface area contributed by atoms with Crippen molar-refractivity contribution < 1.29 is 4.42 Å². The van der Waals surface area contributed by atoms with Gasteiger partial charge in [-0.05, 0) is 209 Å². The third kappa shape index (κ3) is 11.4. The summed E-state index contributed by atoms with van der Waals surface area (Å²) in [5.74, 6) is 0. The number of nitrogens with zero attached hydrogens (tertiary/aromatic N) is 2. The second kappa shape index (κ2) is 28.5. The van der Waals surface area contributed by atoms with Gasteiger partial charge in [0.15, 0.2) is 0 Å². The van der Waals surface area contributed by atoms with Crippen LogP contribution in [0.2, 0.25) is 0 Å². The monoisotopic (exact) mass is 1470 g/mol. The van der Waals surface area contributed by atoms with Crippen LogP contribution in [0.4, 0.5) is 34.1 Å². The van der Waals surface area contributed by atoms with E-state index < -0.39 is 10.8 Å². The number of anilines is 6. The van der Waals surface area contributed by atoms with Crippen LogP contribution in [-0.4, -0.2) is 0 Å². The fraction of sp³-hybridized carbons (Fsp3) is 0.0182. The molecule has 114 heavy (non-hydrogen) atoms. The van der Waals surface area contributed by atoms with Crippen molar-refractivity contribution in [2.45, 2.75) is 10.8 Å². The molecule has 0 N–H and O–H groups in total. The van der Waals surface area contributed by atoms with E-state index in [0.29, 0.717) is 0 Å². The zero-order valence-corrected chi connectivity index (χ0v) is 63.3. The molecule has 22 rings (SSSR count). The molecule has 0 unspecified atom stereocenters. The number of furan rings is 1. The van der Waals surface area contributed by atoms with Crippen molar-refractivity contribution in [3.63, 3.8) is 0 Å². The molecular weight excluding hydrogens is 1400 g/mol. The summed E-state index contributed by atoms with van der Waals surface area (Å²) in [5.41, 5.74) is 32.3. The van der Waals surface area contributed by atoms with Gasteiger partial charge in [-0.25, -0.2) is 0 Å². The zero-order chi connectivity index (χ0) is 75.5. The summed E-state index contributed by atoms with van der Waals surface area (Å²) >= 11 is 1.89. The molecule has 0 amide bonds. The van der Waals surface area contributed by atoms with Crippen molar-refractivity contribution in [1.29, 1.82) is 0 Å². The van der Waals surface area contributed by atoms with E-state index in [4.69, 9.17) is 4.42 Å². The van der Waals surface area contributed by atoms with Crippen LogP contribution in [0.25, 0.3) is 109 Å². The number of hydrogen-bond acceptors (Lipinski definition) is 4. The van der Waals surface area contributed by atoms with Crippen LogP contribution >= 0.6 is 11.3 Å². The number of fused-ring (bicyclic) bond motifs is 12. The van der Waals surface area contributed by atoms with Crippen LogP contribution in [0.1, 0.15) is 44.5 Å². The third-order valence-corrected chi connectivity index (χ3v) is 24.6. The summed E-state index contributed by atoms with van der Waals surface area (Å²) < 4.78 is 9.69. The highest BCUT2D eigenvalue weighted by Crippen LogP contribution is 2.60. The van der Waals surface area contributed by atoms with Crippen LogP contribution in [0.15, 0.2) is 453 Å². The fourth-order valence-electron chi connectivity index (χ4n) is 18.4. The van der Waals surface area contributed by atoms with Crippen LogP contribution in [-0.2, 0) is 10.8 Å². The third-order valence-electron chi connectivity index (χ3n) is 23.5. The Morgan fingerprint density at radius 3 is 1.04 bits per heavy atom. The van der Waals surface area contributed by atoms with Crippen molar-refractivity contribution in [2.24, 2.45) is 0 Å². The molecule has 0 aliphatic heterocycles. The predicted octanol–water partition coefficient (Wildman–Crippen LogP) is 30.0. The molecule has 2 aromatic heterocycles. The van der Waals surface area contributed by atoms with Gasteiger partial charge in [0.1, 0.15) is 11.2 Å². The molecule has 0 saturated heterocycles. The second-order valence-electron chi connectivity index (χ2n) is 29.7. The lowest BCUT2D eigenvalue weighted by atomic mass is 9.67. The van der Waals surface area contributed by atoms with Crippen LogP contribution in [0.5, 0.6) is 0 Å². The highest BCUT2D eigenvalue weighted by Gasteiger charge is 2.48. The van der Waals surface area contributed by atoms with Gasteiger partial charge < -0.3 is 14.2 Å². The minimum Gasteiger partial charge on any atom is -0.456 e. The maximum Gasteiger partial charge on any atom is 0.140 e. The minimum atomic E-state index is -0.542. The molecule has 18 aromatic carbocycles. The molecule has 3 nitrogen and oxygen atoms in total. The number of benzene rings is 18. The summed E-state index contributed by atoms with van der Waals surface area (Å²) in [7, 11) is 0. The molecule has 536 valence electrons. The van der Waals surface area contributed by atoms with E-state index in [1.54, 1.807) is 0 Å². The summed E-state index contributed by atoms with van der Waals surface area (Å²) in [6, 6.07) is 163. The average Bonchev–Trinajstić information content (AvgIpc) is 1.54. The predicted molar refractivity (Wildman–Crippen MR) is 479 cm³/mol. The van der Waals surface area contributed by atoms with E-state index in [-0.39, 0.29) is 0 Å². The van der Waals surface area contributed by atoms with Gasteiger partial charge in [-0.3, -0.25) is 0 Å². The Hall–Kier alpha value is -14.4. The second-order valence-corrected chi connectivity index (χ2v) is 30.8. The first kappa shape index (κ1) is 67.7. The number of thiophene rings is 1. The van der Waals surface area contributed by atoms with Gasteiger partial charge in [0.05, 0.1) is 10.8 Å². The van der Waals surface area contributed by atoms with Gasteiger partial charge in [-0.2, -0.15) is 0 Å². The molecule has 0 radical (unpaired) electrons. The molecule has 2 aliphatic rings. The Morgan fingerprint density at radius 2 is 0.544 bits per heavy atom. The molecule has 0 fully saturated rings. The summed E-state index contributed by atoms with van der Waals surface area (Å²) in [6.07, 6.45) is 0. The average molecular weight is 1470 g/mol. The van der Waals surface area contributed by atoms with Crippen molar-refractivity contribution in [2.75, 3.05) is 9.80 Å². The molecule has 20 aromatic rings. The van der Waals surface area contributed by atoms with Gasteiger partial charge in [0.2, 0.25) is 0 Å². The molecule has 2 heterocycles. The summed E-state index contributed by atoms with van der Waals surface area (Å²) in [4.78, 5) is 4.67. The van der Waals surface area contributed by atoms with Gasteiger partial charge in [0.25, 0.3) is 0 Å². The van der Waals surface area contributed by atoms with Crippen molar-refractivity contribution in [1.82, 2.24) is 0 Å². The van der Waals surface area contributed by atoms with Crippen LogP contribution in [0.3, 0.4) is 0 Å². The highest BCUT2D eigenvalue weighted by molar-refractivity contribution is 7.25. The largest absolute Gasteiger partial charge is 0.456 e. The van der Waals surface area contributed by atoms with Crippen molar-refractivity contribution in [3.8, 4) is 66.8 Å². The van der Waals surface area contributed by atoms with Gasteiger partial charge >= 0.3 is 0 Å². The smallest absolute Gasteiger partial charge is 0.140 e. The Labute approximate surface area is 668 Å². The fourth-order valence-corrected chi connectivity index (χ4v) is 19.5. The van der Waals surface area contributed by atoms with Crippen molar-refractivity contribution >= 4 is 87.6 Å². The minimum absolute atomic E-state index is 0.406. The molecule has 0 spiro atoms. The number of hydrogen-bond donors (Lipinski definition) is 0. The molecule has 0 saturated carbocycles. The normalized spacial score (nSPS) is 12.7. The Kier molecular flexibility index (Phi) is 16.9. The quantitative estimate of drug-likeness (QED) is 0.108. The Morgan fingerprint density at radius 1 is 0.193 bits per heavy atom. The molecule has 0 atom stereocenters. The maximum atomic E-state index is 7.09. The van der Waals surface area contributed by atoms with Crippen LogP contribution < -0.4 is 9.80 Å². The number of para-hydroxylation sites is 3. The molecule has 2 aliphatic carbocycles.